The van der Waals surface area contributed by atoms with Crippen LogP contribution in [0.3, 0.4) is 0 Å². The number of urea groups is 1. The molecule has 5 nitrogen and oxygen atoms in total. The number of aryl methyl sites for hydroxylation is 1. The normalized spacial score (nSPS) is 18.3. The fourth-order valence-electron chi connectivity index (χ4n) is 3.21. The number of amides is 3. The molecule has 0 aliphatic carbocycles. The summed E-state index contributed by atoms with van der Waals surface area (Å²) < 4.78 is 0. The number of benzene rings is 1. The summed E-state index contributed by atoms with van der Waals surface area (Å²) in [7, 11) is 1.82. The van der Waals surface area contributed by atoms with E-state index in [-0.39, 0.29) is 17.9 Å². The van der Waals surface area contributed by atoms with Crippen molar-refractivity contribution in [3.63, 3.8) is 0 Å². The lowest BCUT2D eigenvalue weighted by molar-refractivity contribution is -0.127. The van der Waals surface area contributed by atoms with Gasteiger partial charge < -0.3 is 15.1 Å². The van der Waals surface area contributed by atoms with Crippen LogP contribution >= 0.6 is 0 Å². The van der Waals surface area contributed by atoms with Gasteiger partial charge in [0, 0.05) is 40.2 Å². The fraction of sp³-hybridized carbons (Fsp3) is 0.579. The molecule has 1 N–H and O–H groups in total. The first kappa shape index (κ1) is 18.3. The topological polar surface area (TPSA) is 52.7 Å². The third kappa shape index (κ3) is 4.98. The second-order valence-corrected chi connectivity index (χ2v) is 7.00. The van der Waals surface area contributed by atoms with Gasteiger partial charge in [-0.15, -0.1) is 0 Å². The Bertz CT molecular complexity index is 588. The number of carbonyl (C=O) groups excluding carboxylic acids is 2. The molecule has 1 aliphatic rings. The molecule has 1 fully saturated rings. The highest BCUT2D eigenvalue weighted by Gasteiger charge is 2.26. The number of nitrogens with zero attached hydrogens (tertiary/aromatic N) is 2. The van der Waals surface area contributed by atoms with Crippen molar-refractivity contribution < 1.29 is 9.59 Å². The molecular formula is C19H29N3O2. The van der Waals surface area contributed by atoms with Crippen LogP contribution in [-0.4, -0.2) is 55.0 Å². The highest BCUT2D eigenvalue weighted by atomic mass is 16.2. The molecular weight excluding hydrogens is 302 g/mol. The van der Waals surface area contributed by atoms with E-state index in [0.29, 0.717) is 19.0 Å². The molecule has 1 heterocycles. The maximum Gasteiger partial charge on any atom is 0.317 e. The summed E-state index contributed by atoms with van der Waals surface area (Å²) in [6.07, 6.45) is 0.969. The molecule has 2 rings (SSSR count). The zero-order valence-electron chi connectivity index (χ0n) is 15.2. The molecule has 0 aromatic heterocycles. The molecule has 2 atom stereocenters. The SMILES string of the molecule is CC(=O)N1CC[C@@H](CN(C)C(=O)NC[C@@H](C)c2cccc(C)c2)C1. The lowest BCUT2D eigenvalue weighted by atomic mass is 9.99. The van der Waals surface area contributed by atoms with Crippen LogP contribution in [0.15, 0.2) is 24.3 Å². The van der Waals surface area contributed by atoms with Crippen molar-refractivity contribution in [3.8, 4) is 0 Å². The van der Waals surface area contributed by atoms with Gasteiger partial charge in [-0.3, -0.25) is 4.79 Å². The molecule has 1 aromatic carbocycles. The molecule has 1 aliphatic heterocycles. The number of carbonyl (C=O) groups is 2. The third-order valence-corrected chi connectivity index (χ3v) is 4.78. The van der Waals surface area contributed by atoms with Crippen molar-refractivity contribution in [1.29, 1.82) is 0 Å². The van der Waals surface area contributed by atoms with Crippen LogP contribution in [0, 0.1) is 12.8 Å². The highest BCUT2D eigenvalue weighted by Crippen LogP contribution is 2.18. The monoisotopic (exact) mass is 331 g/mol. The van der Waals surface area contributed by atoms with Gasteiger partial charge >= 0.3 is 6.03 Å². The maximum absolute atomic E-state index is 12.3. The Morgan fingerprint density at radius 2 is 2.17 bits per heavy atom. The van der Waals surface area contributed by atoms with Crippen LogP contribution < -0.4 is 5.32 Å². The lowest BCUT2D eigenvalue weighted by Crippen LogP contribution is -2.41. The predicted octanol–water partition coefficient (Wildman–Crippen LogP) is 2.61. The van der Waals surface area contributed by atoms with Crippen LogP contribution in [-0.2, 0) is 4.79 Å². The van der Waals surface area contributed by atoms with Crippen molar-refractivity contribution >= 4 is 11.9 Å². The van der Waals surface area contributed by atoms with Gasteiger partial charge in [0.2, 0.25) is 5.91 Å². The van der Waals surface area contributed by atoms with Crippen LogP contribution in [0.25, 0.3) is 0 Å². The van der Waals surface area contributed by atoms with Gasteiger partial charge in [0.05, 0.1) is 0 Å². The van der Waals surface area contributed by atoms with Gasteiger partial charge in [0.1, 0.15) is 0 Å². The molecule has 3 amide bonds. The number of hydrogen-bond acceptors (Lipinski definition) is 2. The average molecular weight is 331 g/mol. The van der Waals surface area contributed by atoms with Gasteiger partial charge in [-0.25, -0.2) is 4.79 Å². The number of rotatable bonds is 5. The second-order valence-electron chi connectivity index (χ2n) is 7.00. The summed E-state index contributed by atoms with van der Waals surface area (Å²) in [5.74, 6) is 0.775. The van der Waals surface area contributed by atoms with Gasteiger partial charge in [-0.2, -0.15) is 0 Å². The quantitative estimate of drug-likeness (QED) is 0.902. The van der Waals surface area contributed by atoms with E-state index >= 15 is 0 Å². The van der Waals surface area contributed by atoms with E-state index in [9.17, 15) is 9.59 Å². The number of nitrogens with one attached hydrogen (secondary N) is 1. The molecule has 0 unspecified atom stereocenters. The molecule has 5 heteroatoms. The second kappa shape index (κ2) is 8.18. The molecule has 0 radical (unpaired) electrons. The smallest absolute Gasteiger partial charge is 0.317 e. The van der Waals surface area contributed by atoms with E-state index in [1.54, 1.807) is 11.8 Å². The summed E-state index contributed by atoms with van der Waals surface area (Å²) in [4.78, 5) is 27.3. The van der Waals surface area contributed by atoms with Gasteiger partial charge in [0.15, 0.2) is 0 Å². The Balaban J connectivity index is 1.76. The Labute approximate surface area is 145 Å². The third-order valence-electron chi connectivity index (χ3n) is 4.78. The van der Waals surface area contributed by atoms with E-state index in [1.807, 2.05) is 11.9 Å². The maximum atomic E-state index is 12.3. The molecule has 132 valence electrons. The first-order valence-electron chi connectivity index (χ1n) is 8.68. The van der Waals surface area contributed by atoms with Crippen LogP contribution in [0.5, 0.6) is 0 Å². The van der Waals surface area contributed by atoms with Gasteiger partial charge in [0.25, 0.3) is 0 Å². The zero-order valence-corrected chi connectivity index (χ0v) is 15.2. The van der Waals surface area contributed by atoms with E-state index in [0.717, 1.165) is 19.5 Å². The molecule has 0 saturated carbocycles. The fourth-order valence-corrected chi connectivity index (χ4v) is 3.21. The Hall–Kier alpha value is -2.04. The van der Waals surface area contributed by atoms with Crippen molar-refractivity contribution in [3.05, 3.63) is 35.4 Å². The van der Waals surface area contributed by atoms with E-state index in [2.05, 4.69) is 43.4 Å². The standard InChI is InChI=1S/C19H29N3O2/c1-14-6-5-7-18(10-14)15(2)11-20-19(24)21(4)12-17-8-9-22(13-17)16(3)23/h5-7,10,15,17H,8-9,11-13H2,1-4H3,(H,20,24)/t15-,17+/m1/s1. The van der Waals surface area contributed by atoms with E-state index in [4.69, 9.17) is 0 Å². The Kier molecular flexibility index (Phi) is 6.23. The minimum Gasteiger partial charge on any atom is -0.343 e. The Morgan fingerprint density at radius 1 is 1.42 bits per heavy atom. The number of likely N-dealkylation sites (tertiary alicyclic amines) is 1. The number of hydrogen-bond donors (Lipinski definition) is 1. The summed E-state index contributed by atoms with van der Waals surface area (Å²) in [6.45, 7) is 8.68. The Morgan fingerprint density at radius 3 is 2.79 bits per heavy atom. The average Bonchev–Trinajstić information content (AvgIpc) is 3.01. The van der Waals surface area contributed by atoms with Crippen LogP contribution in [0.2, 0.25) is 0 Å². The largest absolute Gasteiger partial charge is 0.343 e. The molecule has 0 bridgehead atoms. The van der Waals surface area contributed by atoms with Crippen LogP contribution in [0.1, 0.15) is 37.3 Å². The first-order chi connectivity index (χ1) is 11.4. The lowest BCUT2D eigenvalue weighted by Gasteiger charge is -2.23. The summed E-state index contributed by atoms with van der Waals surface area (Å²) in [5, 5.41) is 3.01. The molecule has 1 saturated heterocycles. The summed E-state index contributed by atoms with van der Waals surface area (Å²) >= 11 is 0. The minimum absolute atomic E-state index is 0.0456. The van der Waals surface area contributed by atoms with Crippen molar-refractivity contribution in [1.82, 2.24) is 15.1 Å². The molecule has 24 heavy (non-hydrogen) atoms. The highest BCUT2D eigenvalue weighted by molar-refractivity contribution is 5.74. The predicted molar refractivity (Wildman–Crippen MR) is 96.0 cm³/mol. The van der Waals surface area contributed by atoms with Crippen LogP contribution in [0.4, 0.5) is 4.79 Å². The van der Waals surface area contributed by atoms with E-state index < -0.39 is 0 Å². The first-order valence-corrected chi connectivity index (χ1v) is 8.68. The zero-order chi connectivity index (χ0) is 17.7. The van der Waals surface area contributed by atoms with Crippen molar-refractivity contribution in [2.75, 3.05) is 33.2 Å². The summed E-state index contributed by atoms with van der Waals surface area (Å²) in [5.41, 5.74) is 2.48. The van der Waals surface area contributed by atoms with Gasteiger partial charge in [-0.1, -0.05) is 36.8 Å². The van der Waals surface area contributed by atoms with Gasteiger partial charge in [-0.05, 0) is 30.7 Å². The molecule has 0 spiro atoms. The minimum atomic E-state index is -0.0456. The van der Waals surface area contributed by atoms with Crippen molar-refractivity contribution in [2.45, 2.75) is 33.1 Å². The molecule has 1 aromatic rings. The van der Waals surface area contributed by atoms with Crippen molar-refractivity contribution in [2.24, 2.45) is 5.92 Å². The summed E-state index contributed by atoms with van der Waals surface area (Å²) in [6, 6.07) is 8.35. The van der Waals surface area contributed by atoms with E-state index in [1.165, 1.54) is 11.1 Å².